The van der Waals surface area contributed by atoms with Gasteiger partial charge in [0.05, 0.1) is 5.52 Å². The Bertz CT molecular complexity index is 1470. The molecular weight excluding hydrogens is 460 g/mol. The van der Waals surface area contributed by atoms with Gasteiger partial charge in [0.25, 0.3) is 0 Å². The number of aromatic nitrogens is 4. The molecule has 4 N–H and O–H groups in total. The lowest BCUT2D eigenvalue weighted by Crippen LogP contribution is -2.07. The van der Waals surface area contributed by atoms with Gasteiger partial charge >= 0.3 is 0 Å². The first kappa shape index (κ1) is 22.4. The Morgan fingerprint density at radius 1 is 0.657 bits per heavy atom. The zero-order valence-corrected chi connectivity index (χ0v) is 19.9. The number of anilines is 7. The van der Waals surface area contributed by atoms with Gasteiger partial charge in [0, 0.05) is 46.4 Å². The SMILES string of the molecule is CNc1nc(Nc2ccc(C)cc2)nc(Nc2ccc(Nc3ccnc4cc(Cl)ccc34)cc2)n1. The van der Waals surface area contributed by atoms with Gasteiger partial charge in [-0.05, 0) is 67.6 Å². The summed E-state index contributed by atoms with van der Waals surface area (Å²) in [6, 6.07) is 23.5. The van der Waals surface area contributed by atoms with Gasteiger partial charge < -0.3 is 21.3 Å². The molecule has 0 atom stereocenters. The third-order valence-electron chi connectivity index (χ3n) is 5.29. The van der Waals surface area contributed by atoms with E-state index in [9.17, 15) is 0 Å². The molecule has 5 aromatic rings. The summed E-state index contributed by atoms with van der Waals surface area (Å²) in [7, 11) is 1.77. The van der Waals surface area contributed by atoms with E-state index in [-0.39, 0.29) is 0 Å². The topological polar surface area (TPSA) is 99.7 Å². The third kappa shape index (κ3) is 5.39. The number of nitrogens with one attached hydrogen (secondary N) is 4. The summed E-state index contributed by atoms with van der Waals surface area (Å²) in [4.78, 5) is 17.7. The molecule has 174 valence electrons. The minimum Gasteiger partial charge on any atom is -0.357 e. The van der Waals surface area contributed by atoms with E-state index in [1.54, 1.807) is 13.2 Å². The van der Waals surface area contributed by atoms with Crippen molar-refractivity contribution in [2.45, 2.75) is 6.92 Å². The first-order chi connectivity index (χ1) is 17.1. The fraction of sp³-hybridized carbons (Fsp3) is 0.0769. The summed E-state index contributed by atoms with van der Waals surface area (Å²) < 4.78 is 0. The van der Waals surface area contributed by atoms with Crippen molar-refractivity contribution in [1.82, 2.24) is 19.9 Å². The van der Waals surface area contributed by atoms with Crippen LogP contribution in [0.4, 0.5) is 40.6 Å². The summed E-state index contributed by atoms with van der Waals surface area (Å²) in [6.45, 7) is 2.05. The van der Waals surface area contributed by atoms with Gasteiger partial charge in [-0.25, -0.2) is 0 Å². The second kappa shape index (κ2) is 9.82. The van der Waals surface area contributed by atoms with E-state index in [1.165, 1.54) is 5.56 Å². The molecule has 0 fully saturated rings. The summed E-state index contributed by atoms with van der Waals surface area (Å²) in [5, 5.41) is 14.5. The van der Waals surface area contributed by atoms with Crippen LogP contribution in [-0.4, -0.2) is 27.0 Å². The molecule has 0 aliphatic heterocycles. The molecule has 0 spiro atoms. The Labute approximate surface area is 207 Å². The van der Waals surface area contributed by atoms with Crippen LogP contribution in [-0.2, 0) is 0 Å². The van der Waals surface area contributed by atoms with Gasteiger partial charge in [-0.2, -0.15) is 15.0 Å². The molecule has 2 heterocycles. The largest absolute Gasteiger partial charge is 0.357 e. The molecule has 3 aromatic carbocycles. The average molecular weight is 483 g/mol. The van der Waals surface area contributed by atoms with Gasteiger partial charge in [0.2, 0.25) is 17.8 Å². The maximum Gasteiger partial charge on any atom is 0.233 e. The predicted octanol–water partition coefficient (Wildman–Crippen LogP) is 6.65. The highest BCUT2D eigenvalue weighted by atomic mass is 35.5. The fourth-order valence-electron chi connectivity index (χ4n) is 3.52. The number of nitrogens with zero attached hydrogens (tertiary/aromatic N) is 4. The molecule has 35 heavy (non-hydrogen) atoms. The summed E-state index contributed by atoms with van der Waals surface area (Å²) >= 11 is 6.10. The van der Waals surface area contributed by atoms with Crippen molar-refractivity contribution in [1.29, 1.82) is 0 Å². The highest BCUT2D eigenvalue weighted by Crippen LogP contribution is 2.28. The number of hydrogen-bond acceptors (Lipinski definition) is 8. The van der Waals surface area contributed by atoms with Crippen LogP contribution in [0.1, 0.15) is 5.56 Å². The highest BCUT2D eigenvalue weighted by molar-refractivity contribution is 6.31. The molecular formula is C26H23ClN8. The van der Waals surface area contributed by atoms with Crippen molar-refractivity contribution < 1.29 is 0 Å². The van der Waals surface area contributed by atoms with Crippen molar-refractivity contribution in [3.8, 4) is 0 Å². The van der Waals surface area contributed by atoms with Gasteiger partial charge in [-0.3, -0.25) is 4.98 Å². The quantitative estimate of drug-likeness (QED) is 0.204. The first-order valence-electron chi connectivity index (χ1n) is 11.0. The number of rotatable bonds is 7. The van der Waals surface area contributed by atoms with Crippen molar-refractivity contribution in [2.24, 2.45) is 0 Å². The van der Waals surface area contributed by atoms with Gasteiger partial charge in [-0.15, -0.1) is 0 Å². The second-order valence-corrected chi connectivity index (χ2v) is 8.33. The van der Waals surface area contributed by atoms with Crippen LogP contribution in [0.5, 0.6) is 0 Å². The molecule has 0 unspecified atom stereocenters. The normalized spacial score (nSPS) is 10.7. The number of aryl methyl sites for hydroxylation is 1. The predicted molar refractivity (Wildman–Crippen MR) is 144 cm³/mol. The van der Waals surface area contributed by atoms with Crippen LogP contribution in [0.3, 0.4) is 0 Å². The summed E-state index contributed by atoms with van der Waals surface area (Å²) in [5.74, 6) is 1.33. The van der Waals surface area contributed by atoms with Crippen molar-refractivity contribution in [2.75, 3.05) is 28.3 Å². The molecule has 5 rings (SSSR count). The monoisotopic (exact) mass is 482 g/mol. The number of halogens is 1. The van der Waals surface area contributed by atoms with Crippen LogP contribution in [0.25, 0.3) is 10.9 Å². The van der Waals surface area contributed by atoms with Crippen molar-refractivity contribution in [3.05, 3.63) is 89.6 Å². The minimum absolute atomic E-state index is 0.427. The lowest BCUT2D eigenvalue weighted by atomic mass is 10.2. The fourth-order valence-corrected chi connectivity index (χ4v) is 3.68. The summed E-state index contributed by atoms with van der Waals surface area (Å²) in [5.41, 5.74) is 5.66. The smallest absolute Gasteiger partial charge is 0.233 e. The Balaban J connectivity index is 1.32. The van der Waals surface area contributed by atoms with Crippen LogP contribution < -0.4 is 21.3 Å². The van der Waals surface area contributed by atoms with Crippen molar-refractivity contribution >= 4 is 63.1 Å². The van der Waals surface area contributed by atoms with E-state index in [1.807, 2.05) is 79.7 Å². The van der Waals surface area contributed by atoms with E-state index in [0.717, 1.165) is 33.7 Å². The summed E-state index contributed by atoms with van der Waals surface area (Å²) in [6.07, 6.45) is 1.76. The van der Waals surface area contributed by atoms with Crippen LogP contribution in [0.2, 0.25) is 5.02 Å². The highest BCUT2D eigenvalue weighted by Gasteiger charge is 2.08. The zero-order chi connectivity index (χ0) is 24.2. The molecule has 0 radical (unpaired) electrons. The molecule has 0 saturated heterocycles. The van der Waals surface area contributed by atoms with Crippen LogP contribution in [0.15, 0.2) is 79.0 Å². The van der Waals surface area contributed by atoms with Gasteiger partial charge in [0.15, 0.2) is 0 Å². The molecule has 0 aliphatic rings. The van der Waals surface area contributed by atoms with E-state index >= 15 is 0 Å². The van der Waals surface area contributed by atoms with Crippen LogP contribution in [0, 0.1) is 6.92 Å². The zero-order valence-electron chi connectivity index (χ0n) is 19.2. The molecule has 9 heteroatoms. The molecule has 0 saturated carbocycles. The molecule has 0 aliphatic carbocycles. The first-order valence-corrected chi connectivity index (χ1v) is 11.4. The Morgan fingerprint density at radius 2 is 1.23 bits per heavy atom. The molecule has 8 nitrogen and oxygen atoms in total. The Hall–Kier alpha value is -4.43. The Morgan fingerprint density at radius 3 is 1.86 bits per heavy atom. The third-order valence-corrected chi connectivity index (χ3v) is 5.53. The number of hydrogen-bond donors (Lipinski definition) is 4. The van der Waals surface area contributed by atoms with E-state index in [2.05, 4.69) is 41.2 Å². The van der Waals surface area contributed by atoms with E-state index in [0.29, 0.717) is 22.9 Å². The van der Waals surface area contributed by atoms with E-state index in [4.69, 9.17) is 11.6 Å². The van der Waals surface area contributed by atoms with E-state index < -0.39 is 0 Å². The second-order valence-electron chi connectivity index (χ2n) is 7.89. The van der Waals surface area contributed by atoms with Crippen molar-refractivity contribution in [3.63, 3.8) is 0 Å². The molecule has 0 bridgehead atoms. The average Bonchev–Trinajstić information content (AvgIpc) is 2.86. The maximum absolute atomic E-state index is 6.10. The van der Waals surface area contributed by atoms with Gasteiger partial charge in [0.1, 0.15) is 0 Å². The Kier molecular flexibility index (Phi) is 6.28. The number of benzene rings is 3. The molecule has 2 aromatic heterocycles. The minimum atomic E-state index is 0.427. The van der Waals surface area contributed by atoms with Crippen LogP contribution >= 0.6 is 11.6 Å². The maximum atomic E-state index is 6.10. The lowest BCUT2D eigenvalue weighted by Gasteiger charge is -2.12. The molecule has 0 amide bonds. The number of fused-ring (bicyclic) bond motifs is 1. The van der Waals surface area contributed by atoms with Gasteiger partial charge in [-0.1, -0.05) is 29.3 Å². The standard InChI is InChI=1S/C26H23ClN8/c1-16-3-6-19(7-4-16)31-25-33-24(28-2)34-26(35-25)32-20-10-8-18(9-11-20)30-22-13-14-29-23-15-17(27)5-12-21(22)23/h3-15H,1-2H3,(H,29,30)(H3,28,31,32,33,34,35). The lowest BCUT2D eigenvalue weighted by molar-refractivity contribution is 1.06. The number of pyridine rings is 1.